The Bertz CT molecular complexity index is 352. The lowest BCUT2D eigenvalue weighted by molar-refractivity contribution is 0.806. The Balaban J connectivity index is 0.000000437. The molecule has 0 atom stereocenters. The number of benzene rings is 1. The molecule has 0 N–H and O–H groups in total. The van der Waals surface area contributed by atoms with E-state index in [9.17, 15) is 0 Å². The summed E-state index contributed by atoms with van der Waals surface area (Å²) in [7, 11) is 0. The van der Waals surface area contributed by atoms with Gasteiger partial charge in [-0.2, -0.15) is 0 Å². The van der Waals surface area contributed by atoms with Crippen molar-refractivity contribution in [1.29, 1.82) is 0 Å². The first-order valence-corrected chi connectivity index (χ1v) is 6.42. The molecule has 0 aliphatic heterocycles. The summed E-state index contributed by atoms with van der Waals surface area (Å²) in [6.45, 7) is 4.25. The Morgan fingerprint density at radius 3 is 1.88 bits per heavy atom. The summed E-state index contributed by atoms with van der Waals surface area (Å²) in [5, 5.41) is 0. The molecule has 2 rings (SSSR count). The van der Waals surface area contributed by atoms with E-state index in [0.29, 0.717) is 5.92 Å². The normalized spacial score (nSPS) is 14.0. The Kier molecular flexibility index (Phi) is 6.81. The number of hydrogen-bond donors (Lipinski definition) is 0. The van der Waals surface area contributed by atoms with Crippen LogP contribution in [0, 0.1) is 5.92 Å². The molecule has 90 valence electrons. The van der Waals surface area contributed by atoms with Crippen LogP contribution in [0.2, 0.25) is 0 Å². The van der Waals surface area contributed by atoms with Gasteiger partial charge in [0.1, 0.15) is 0 Å². The Hall–Kier alpha value is -1.56. The van der Waals surface area contributed by atoms with Crippen molar-refractivity contribution >= 4 is 0 Å². The van der Waals surface area contributed by atoms with Crippen LogP contribution in [0.1, 0.15) is 25.8 Å². The van der Waals surface area contributed by atoms with E-state index < -0.39 is 0 Å². The predicted octanol–water partition coefficient (Wildman–Crippen LogP) is 4.94. The lowest BCUT2D eigenvalue weighted by Gasteiger charge is -2.06. The highest BCUT2D eigenvalue weighted by Gasteiger charge is 2.01. The van der Waals surface area contributed by atoms with Crippen LogP contribution in [0.5, 0.6) is 0 Å². The van der Waals surface area contributed by atoms with E-state index in [4.69, 9.17) is 0 Å². The molecule has 0 spiro atoms. The summed E-state index contributed by atoms with van der Waals surface area (Å²) in [6.07, 6.45) is 15.2. The highest BCUT2D eigenvalue weighted by molar-refractivity contribution is 5.23. The number of rotatable bonds is 2. The molecule has 0 saturated carbocycles. The van der Waals surface area contributed by atoms with Crippen LogP contribution in [0.3, 0.4) is 0 Å². The van der Waals surface area contributed by atoms with Crippen molar-refractivity contribution in [2.75, 3.05) is 0 Å². The van der Waals surface area contributed by atoms with E-state index in [2.05, 4.69) is 80.6 Å². The molecule has 1 aliphatic carbocycles. The zero-order chi connectivity index (χ0) is 12.3. The molecule has 0 amide bonds. The second-order valence-corrected chi connectivity index (χ2v) is 4.22. The molecular weight excluding hydrogens is 204 g/mol. The summed E-state index contributed by atoms with van der Waals surface area (Å²) in [5.74, 6) is 0.535. The zero-order valence-electron chi connectivity index (χ0n) is 10.8. The molecule has 0 heterocycles. The van der Waals surface area contributed by atoms with Crippen molar-refractivity contribution in [3.63, 3.8) is 0 Å². The minimum Gasteiger partial charge on any atom is -0.0773 e. The molecule has 17 heavy (non-hydrogen) atoms. The standard InChI is InChI=1S/C14H14.C3H8/c1-2-5-9-13(8-4-1)12-14-10-6-3-7-11-14;1-3-2/h1-11,13H,12H2;3H2,1-2H3. The van der Waals surface area contributed by atoms with Crippen molar-refractivity contribution in [1.82, 2.24) is 0 Å². The van der Waals surface area contributed by atoms with Crippen molar-refractivity contribution in [2.45, 2.75) is 26.7 Å². The van der Waals surface area contributed by atoms with Crippen molar-refractivity contribution in [2.24, 2.45) is 5.92 Å². The molecule has 0 saturated heterocycles. The Labute approximate surface area is 105 Å². The fraction of sp³-hybridized carbons (Fsp3) is 0.294. The lowest BCUT2D eigenvalue weighted by atomic mass is 9.99. The van der Waals surface area contributed by atoms with Gasteiger partial charge in [-0.25, -0.2) is 0 Å². The van der Waals surface area contributed by atoms with Crippen molar-refractivity contribution in [3.8, 4) is 0 Å². The zero-order valence-corrected chi connectivity index (χ0v) is 10.8. The van der Waals surface area contributed by atoms with Gasteiger partial charge in [-0.15, -0.1) is 0 Å². The Morgan fingerprint density at radius 1 is 0.824 bits per heavy atom. The summed E-state index contributed by atoms with van der Waals surface area (Å²) in [4.78, 5) is 0. The summed E-state index contributed by atoms with van der Waals surface area (Å²) < 4.78 is 0. The molecule has 1 aromatic carbocycles. The van der Waals surface area contributed by atoms with Crippen molar-refractivity contribution in [3.05, 3.63) is 72.4 Å². The van der Waals surface area contributed by atoms with Gasteiger partial charge in [0.2, 0.25) is 0 Å². The molecule has 0 bridgehead atoms. The van der Waals surface area contributed by atoms with Gasteiger partial charge in [-0.3, -0.25) is 0 Å². The van der Waals surface area contributed by atoms with Gasteiger partial charge < -0.3 is 0 Å². The van der Waals surface area contributed by atoms with Crippen LogP contribution in [-0.4, -0.2) is 0 Å². The fourth-order valence-corrected chi connectivity index (χ4v) is 1.63. The molecule has 0 nitrogen and oxygen atoms in total. The lowest BCUT2D eigenvalue weighted by Crippen LogP contribution is -1.96. The topological polar surface area (TPSA) is 0 Å². The van der Waals surface area contributed by atoms with Crippen LogP contribution >= 0.6 is 0 Å². The predicted molar refractivity (Wildman–Crippen MR) is 77.0 cm³/mol. The van der Waals surface area contributed by atoms with Gasteiger partial charge >= 0.3 is 0 Å². The van der Waals surface area contributed by atoms with E-state index in [1.54, 1.807) is 0 Å². The largest absolute Gasteiger partial charge is 0.0773 e. The quantitative estimate of drug-likeness (QED) is 0.669. The van der Waals surface area contributed by atoms with E-state index in [0.717, 1.165) is 6.42 Å². The smallest absolute Gasteiger partial charge is 0.000683 e. The molecular formula is C17H22. The van der Waals surface area contributed by atoms with Crippen LogP contribution in [0.4, 0.5) is 0 Å². The minimum atomic E-state index is 0.535. The summed E-state index contributed by atoms with van der Waals surface area (Å²) in [5.41, 5.74) is 1.40. The first-order chi connectivity index (χ1) is 8.36. The molecule has 1 aliphatic rings. The van der Waals surface area contributed by atoms with Gasteiger partial charge in [-0.1, -0.05) is 87.1 Å². The van der Waals surface area contributed by atoms with E-state index in [-0.39, 0.29) is 0 Å². The maximum atomic E-state index is 2.24. The SMILES string of the molecule is C1=CC=CC(Cc2ccccc2)C=C1.CCC. The number of hydrogen-bond acceptors (Lipinski definition) is 0. The molecule has 0 heteroatoms. The number of allylic oxidation sites excluding steroid dienone is 6. The second-order valence-electron chi connectivity index (χ2n) is 4.22. The average molecular weight is 226 g/mol. The minimum absolute atomic E-state index is 0.535. The molecule has 1 aromatic rings. The molecule has 0 fully saturated rings. The third-order valence-electron chi connectivity index (χ3n) is 2.36. The highest BCUT2D eigenvalue weighted by atomic mass is 14.1. The Morgan fingerprint density at radius 2 is 1.35 bits per heavy atom. The van der Waals surface area contributed by atoms with Crippen LogP contribution in [-0.2, 0) is 6.42 Å². The average Bonchev–Trinajstić information content (AvgIpc) is 2.60. The van der Waals surface area contributed by atoms with E-state index in [1.165, 1.54) is 12.0 Å². The van der Waals surface area contributed by atoms with Gasteiger partial charge in [-0.05, 0) is 17.9 Å². The van der Waals surface area contributed by atoms with Gasteiger partial charge in [0, 0.05) is 0 Å². The molecule has 0 unspecified atom stereocenters. The van der Waals surface area contributed by atoms with Gasteiger partial charge in [0.15, 0.2) is 0 Å². The van der Waals surface area contributed by atoms with E-state index in [1.807, 2.05) is 0 Å². The van der Waals surface area contributed by atoms with Crippen LogP contribution in [0.15, 0.2) is 66.8 Å². The first-order valence-electron chi connectivity index (χ1n) is 6.42. The second kappa shape index (κ2) is 8.58. The fourth-order valence-electron chi connectivity index (χ4n) is 1.63. The maximum Gasteiger partial charge on any atom is -0.000683 e. The summed E-state index contributed by atoms with van der Waals surface area (Å²) >= 11 is 0. The molecule has 0 aromatic heterocycles. The highest BCUT2D eigenvalue weighted by Crippen LogP contribution is 2.13. The third kappa shape index (κ3) is 5.91. The van der Waals surface area contributed by atoms with E-state index >= 15 is 0 Å². The van der Waals surface area contributed by atoms with Crippen molar-refractivity contribution < 1.29 is 0 Å². The van der Waals surface area contributed by atoms with Crippen LogP contribution in [0.25, 0.3) is 0 Å². The maximum absolute atomic E-state index is 2.24. The van der Waals surface area contributed by atoms with Crippen LogP contribution < -0.4 is 0 Å². The third-order valence-corrected chi connectivity index (χ3v) is 2.36. The van der Waals surface area contributed by atoms with Gasteiger partial charge in [0.05, 0.1) is 0 Å². The summed E-state index contributed by atoms with van der Waals surface area (Å²) in [6, 6.07) is 10.6. The monoisotopic (exact) mass is 226 g/mol. The molecule has 0 radical (unpaired) electrons. The van der Waals surface area contributed by atoms with Gasteiger partial charge in [0.25, 0.3) is 0 Å². The first kappa shape index (κ1) is 13.5.